The number of carbonyl (C=O) groups is 3. The summed E-state index contributed by atoms with van der Waals surface area (Å²) >= 11 is 0. The second kappa shape index (κ2) is 12.1. The van der Waals surface area contributed by atoms with Crippen molar-refractivity contribution in [3.8, 4) is 0 Å². The Morgan fingerprint density at radius 3 is 1.80 bits per heavy atom. The molecule has 200 valence electrons. The van der Waals surface area contributed by atoms with E-state index in [1.807, 2.05) is 103 Å². The number of hydrazine groups is 1. The van der Waals surface area contributed by atoms with Crippen LogP contribution in [0.25, 0.3) is 6.08 Å². The molecule has 0 aromatic heterocycles. The average Bonchev–Trinajstić information content (AvgIpc) is 3.01. The molecule has 0 spiro atoms. The van der Waals surface area contributed by atoms with Crippen LogP contribution in [0.3, 0.4) is 0 Å². The number of benzene rings is 4. The summed E-state index contributed by atoms with van der Waals surface area (Å²) in [5, 5.41) is 0.987. The summed E-state index contributed by atoms with van der Waals surface area (Å²) in [5.74, 6) is -0.380. The molecule has 2 amide bonds. The standard InChI is InChI=1S/C33H28N2O5/c36-30-21-20-28-18-10-11-19-29(28)33(30,22-25-12-4-1-5-13-25)35(32(38)40-24-27-16-8-3-9-17-27)34-31(37)39-23-26-14-6-2-7-15-26/h1-21H,22-24H2,(H,34,37)/t33-/m0/s1. The number of ketones is 1. The third-order valence-corrected chi connectivity index (χ3v) is 6.72. The Kier molecular flexibility index (Phi) is 8.02. The topological polar surface area (TPSA) is 84.9 Å². The van der Waals surface area contributed by atoms with Gasteiger partial charge in [-0.2, -0.15) is 5.01 Å². The molecule has 4 aromatic carbocycles. The van der Waals surface area contributed by atoms with E-state index in [4.69, 9.17) is 9.47 Å². The fourth-order valence-corrected chi connectivity index (χ4v) is 4.77. The summed E-state index contributed by atoms with van der Waals surface area (Å²) in [7, 11) is 0. The molecule has 0 unspecified atom stereocenters. The van der Waals surface area contributed by atoms with E-state index in [0.717, 1.165) is 27.3 Å². The van der Waals surface area contributed by atoms with Crippen LogP contribution in [0.2, 0.25) is 0 Å². The molecule has 0 saturated carbocycles. The second-order valence-corrected chi connectivity index (χ2v) is 9.36. The Hall–Kier alpha value is -5.17. The Bertz CT molecular complexity index is 1510. The van der Waals surface area contributed by atoms with Crippen molar-refractivity contribution in [3.63, 3.8) is 0 Å². The number of hydrogen-bond acceptors (Lipinski definition) is 5. The lowest BCUT2D eigenvalue weighted by Gasteiger charge is -2.43. The Balaban J connectivity index is 1.53. The number of ether oxygens (including phenoxy) is 2. The SMILES string of the molecule is O=C(NN(C(=O)OCc1ccccc1)[C@]1(Cc2ccccc2)C(=O)C=Cc2ccccc21)OCc1ccccc1. The van der Waals surface area contributed by atoms with Gasteiger partial charge in [-0.1, -0.05) is 121 Å². The molecule has 1 aliphatic carbocycles. The maximum absolute atomic E-state index is 13.9. The van der Waals surface area contributed by atoms with Gasteiger partial charge >= 0.3 is 12.2 Å². The number of hydrogen-bond donors (Lipinski definition) is 1. The maximum Gasteiger partial charge on any atom is 0.430 e. The number of fused-ring (bicyclic) bond motifs is 1. The summed E-state index contributed by atoms with van der Waals surface area (Å²) in [6.45, 7) is -0.0697. The summed E-state index contributed by atoms with van der Waals surface area (Å²) in [4.78, 5) is 40.9. The van der Waals surface area contributed by atoms with Gasteiger partial charge in [0.2, 0.25) is 0 Å². The molecule has 0 aliphatic heterocycles. The average molecular weight is 533 g/mol. The van der Waals surface area contributed by atoms with Crippen LogP contribution >= 0.6 is 0 Å². The Morgan fingerprint density at radius 2 is 1.18 bits per heavy atom. The van der Waals surface area contributed by atoms with Gasteiger partial charge in [-0.15, -0.1) is 0 Å². The fourth-order valence-electron chi connectivity index (χ4n) is 4.77. The maximum atomic E-state index is 13.9. The van der Waals surface area contributed by atoms with E-state index in [9.17, 15) is 14.4 Å². The van der Waals surface area contributed by atoms with Gasteiger partial charge in [0.15, 0.2) is 11.3 Å². The van der Waals surface area contributed by atoms with Crippen molar-refractivity contribution in [2.45, 2.75) is 25.2 Å². The third kappa shape index (κ3) is 5.78. The minimum Gasteiger partial charge on any atom is -0.443 e. The summed E-state index contributed by atoms with van der Waals surface area (Å²) < 4.78 is 11.1. The normalized spacial score (nSPS) is 15.6. The zero-order valence-electron chi connectivity index (χ0n) is 21.7. The minimum absolute atomic E-state index is 0.0182. The van der Waals surface area contributed by atoms with Gasteiger partial charge in [-0.25, -0.2) is 15.0 Å². The fraction of sp³-hybridized carbons (Fsp3) is 0.121. The number of nitrogens with one attached hydrogen (secondary N) is 1. The summed E-state index contributed by atoms with van der Waals surface area (Å²) in [6, 6.07) is 35.0. The first-order valence-corrected chi connectivity index (χ1v) is 12.9. The predicted molar refractivity (Wildman–Crippen MR) is 151 cm³/mol. The quantitative estimate of drug-likeness (QED) is 0.287. The molecule has 7 heteroatoms. The van der Waals surface area contributed by atoms with E-state index in [1.165, 1.54) is 6.08 Å². The molecule has 0 fully saturated rings. The molecule has 0 radical (unpaired) electrons. The zero-order chi connectivity index (χ0) is 27.8. The molecule has 5 rings (SSSR count). The van der Waals surface area contributed by atoms with Crippen LogP contribution in [0, 0.1) is 0 Å². The molecule has 1 atom stereocenters. The predicted octanol–water partition coefficient (Wildman–Crippen LogP) is 6.20. The van der Waals surface area contributed by atoms with E-state index < -0.39 is 17.7 Å². The van der Waals surface area contributed by atoms with Crippen LogP contribution in [-0.4, -0.2) is 23.0 Å². The van der Waals surface area contributed by atoms with E-state index in [1.54, 1.807) is 18.2 Å². The monoisotopic (exact) mass is 532 g/mol. The van der Waals surface area contributed by atoms with Crippen LogP contribution in [0.5, 0.6) is 0 Å². The highest BCUT2D eigenvalue weighted by Gasteiger charge is 2.51. The first-order valence-electron chi connectivity index (χ1n) is 12.9. The van der Waals surface area contributed by atoms with E-state index >= 15 is 0 Å². The van der Waals surface area contributed by atoms with Crippen LogP contribution in [0.15, 0.2) is 121 Å². The van der Waals surface area contributed by atoms with Crippen molar-refractivity contribution in [1.29, 1.82) is 0 Å². The van der Waals surface area contributed by atoms with Gasteiger partial charge in [0.05, 0.1) is 0 Å². The lowest BCUT2D eigenvalue weighted by atomic mass is 9.74. The van der Waals surface area contributed by atoms with Gasteiger partial charge in [0.1, 0.15) is 13.2 Å². The van der Waals surface area contributed by atoms with Crippen LogP contribution in [0.1, 0.15) is 27.8 Å². The molecule has 0 heterocycles. The number of amides is 2. The first-order chi connectivity index (χ1) is 19.6. The number of carbonyl (C=O) groups excluding carboxylic acids is 3. The number of nitrogens with zero attached hydrogens (tertiary/aromatic N) is 1. The van der Waals surface area contributed by atoms with Gasteiger partial charge in [0.25, 0.3) is 0 Å². The van der Waals surface area contributed by atoms with E-state index in [2.05, 4.69) is 5.43 Å². The molecule has 7 nitrogen and oxygen atoms in total. The van der Waals surface area contributed by atoms with Crippen molar-refractivity contribution < 1.29 is 23.9 Å². The highest BCUT2D eigenvalue weighted by atomic mass is 16.6. The highest BCUT2D eigenvalue weighted by Crippen LogP contribution is 2.39. The van der Waals surface area contributed by atoms with Crippen molar-refractivity contribution in [1.82, 2.24) is 10.4 Å². The van der Waals surface area contributed by atoms with Crippen LogP contribution < -0.4 is 5.43 Å². The van der Waals surface area contributed by atoms with E-state index in [0.29, 0.717) is 5.56 Å². The second-order valence-electron chi connectivity index (χ2n) is 9.36. The molecule has 40 heavy (non-hydrogen) atoms. The van der Waals surface area contributed by atoms with Crippen molar-refractivity contribution in [2.75, 3.05) is 0 Å². The lowest BCUT2D eigenvalue weighted by molar-refractivity contribution is -0.128. The van der Waals surface area contributed by atoms with E-state index in [-0.39, 0.29) is 25.4 Å². The molecule has 0 bridgehead atoms. The largest absolute Gasteiger partial charge is 0.443 e. The van der Waals surface area contributed by atoms with Gasteiger partial charge in [0, 0.05) is 6.42 Å². The highest BCUT2D eigenvalue weighted by molar-refractivity contribution is 6.06. The number of rotatable bonds is 7. The Morgan fingerprint density at radius 1 is 0.650 bits per heavy atom. The van der Waals surface area contributed by atoms with Crippen molar-refractivity contribution in [2.24, 2.45) is 0 Å². The van der Waals surface area contributed by atoms with Crippen molar-refractivity contribution >= 4 is 24.0 Å². The first kappa shape index (κ1) is 26.4. The third-order valence-electron chi connectivity index (χ3n) is 6.72. The lowest BCUT2D eigenvalue weighted by Crippen LogP contribution is -2.63. The van der Waals surface area contributed by atoms with Gasteiger partial charge in [-0.05, 0) is 33.9 Å². The molecular weight excluding hydrogens is 504 g/mol. The molecule has 1 N–H and O–H groups in total. The van der Waals surface area contributed by atoms with Gasteiger partial charge < -0.3 is 9.47 Å². The zero-order valence-corrected chi connectivity index (χ0v) is 21.7. The summed E-state index contributed by atoms with van der Waals surface area (Å²) in [5.41, 5.74) is 4.57. The molecule has 0 saturated heterocycles. The summed E-state index contributed by atoms with van der Waals surface area (Å²) in [6.07, 6.45) is 1.44. The smallest absolute Gasteiger partial charge is 0.430 e. The van der Waals surface area contributed by atoms with Gasteiger partial charge in [-0.3, -0.25) is 4.79 Å². The molecule has 1 aliphatic rings. The van der Waals surface area contributed by atoms with Crippen LogP contribution in [-0.2, 0) is 39.4 Å². The molecular formula is C33H28N2O5. The molecule has 4 aromatic rings. The minimum atomic E-state index is -1.63. The van der Waals surface area contributed by atoms with Crippen LogP contribution in [0.4, 0.5) is 9.59 Å². The Labute approximate surface area is 232 Å². The van der Waals surface area contributed by atoms with Crippen molar-refractivity contribution in [3.05, 3.63) is 149 Å².